The van der Waals surface area contributed by atoms with Gasteiger partial charge in [-0.1, -0.05) is 42.5 Å². The molecule has 29 heavy (non-hydrogen) atoms. The molecule has 0 saturated carbocycles. The van der Waals surface area contributed by atoms with Crippen LogP contribution < -0.4 is 5.32 Å². The van der Waals surface area contributed by atoms with Crippen LogP contribution in [0.3, 0.4) is 0 Å². The van der Waals surface area contributed by atoms with Crippen molar-refractivity contribution in [2.24, 2.45) is 0 Å². The van der Waals surface area contributed by atoms with E-state index >= 15 is 0 Å². The fraction of sp³-hybridized carbons (Fsp3) is 0.0476. The van der Waals surface area contributed by atoms with Gasteiger partial charge in [0.1, 0.15) is 0 Å². The lowest BCUT2D eigenvalue weighted by Gasteiger charge is -2.05. The molecule has 0 radical (unpaired) electrons. The molecule has 0 aliphatic carbocycles. The van der Waals surface area contributed by atoms with Gasteiger partial charge in [-0.25, -0.2) is 4.98 Å². The summed E-state index contributed by atoms with van der Waals surface area (Å²) in [6.45, 7) is 0. The molecule has 0 atom stereocenters. The van der Waals surface area contributed by atoms with E-state index in [0.29, 0.717) is 21.3 Å². The van der Waals surface area contributed by atoms with Crippen LogP contribution >= 0.6 is 22.7 Å². The number of carbonyl (C=O) groups is 1. The van der Waals surface area contributed by atoms with E-state index in [0.717, 1.165) is 12.0 Å². The number of anilines is 1. The molecule has 4 aromatic rings. The highest BCUT2D eigenvalue weighted by atomic mass is 32.1. The second-order valence-electron chi connectivity index (χ2n) is 6.28. The molecule has 0 bridgehead atoms. The summed E-state index contributed by atoms with van der Waals surface area (Å²) in [6, 6.07) is 19.1. The van der Waals surface area contributed by atoms with E-state index in [1.165, 1.54) is 39.7 Å². The standard InChI is InChI=1S/C21H15N3O3S2/c25-20(16-8-6-15(7-9-16)10-14-4-2-1-3-5-14)23-21-22-18(13-29-21)19-11-17(12-28-19)24(26)27/h1-9,11-13H,10H2,(H,22,23,25). The molecule has 2 aromatic carbocycles. The van der Waals surface area contributed by atoms with E-state index in [2.05, 4.69) is 22.4 Å². The first-order valence-electron chi connectivity index (χ1n) is 8.71. The zero-order valence-electron chi connectivity index (χ0n) is 15.1. The van der Waals surface area contributed by atoms with Crippen molar-refractivity contribution in [3.8, 4) is 10.6 Å². The summed E-state index contributed by atoms with van der Waals surface area (Å²) in [4.78, 5) is 27.9. The molecule has 0 aliphatic rings. The molecule has 1 N–H and O–H groups in total. The average molecular weight is 422 g/mol. The first kappa shape index (κ1) is 19.0. The number of amides is 1. The summed E-state index contributed by atoms with van der Waals surface area (Å²) in [5, 5.41) is 17.3. The first-order valence-corrected chi connectivity index (χ1v) is 10.5. The Hall–Kier alpha value is -3.36. The van der Waals surface area contributed by atoms with E-state index in [1.807, 2.05) is 30.3 Å². The van der Waals surface area contributed by atoms with E-state index in [-0.39, 0.29) is 11.6 Å². The molecule has 144 valence electrons. The van der Waals surface area contributed by atoms with Gasteiger partial charge in [0.05, 0.1) is 20.9 Å². The summed E-state index contributed by atoms with van der Waals surface area (Å²) in [5.74, 6) is -0.241. The maximum atomic E-state index is 12.5. The maximum absolute atomic E-state index is 12.5. The maximum Gasteiger partial charge on any atom is 0.280 e. The number of hydrogen-bond donors (Lipinski definition) is 1. The molecule has 2 aromatic heterocycles. The molecule has 0 unspecified atom stereocenters. The molecule has 0 spiro atoms. The molecule has 6 nitrogen and oxygen atoms in total. The van der Waals surface area contributed by atoms with Crippen molar-refractivity contribution < 1.29 is 9.72 Å². The Morgan fingerprint density at radius 2 is 1.72 bits per heavy atom. The van der Waals surface area contributed by atoms with Gasteiger partial charge in [-0.3, -0.25) is 20.2 Å². The zero-order valence-corrected chi connectivity index (χ0v) is 16.7. The van der Waals surface area contributed by atoms with Crippen LogP contribution in [0.25, 0.3) is 10.6 Å². The summed E-state index contributed by atoms with van der Waals surface area (Å²) in [6.07, 6.45) is 0.811. The van der Waals surface area contributed by atoms with Crippen molar-refractivity contribution in [2.75, 3.05) is 5.32 Å². The molecule has 4 rings (SSSR count). The molecule has 1 amide bonds. The molecular formula is C21H15N3O3S2. The highest BCUT2D eigenvalue weighted by Gasteiger charge is 2.14. The first-order chi connectivity index (χ1) is 14.1. The number of hydrogen-bond acceptors (Lipinski definition) is 6. The number of thiazole rings is 1. The number of carbonyl (C=O) groups excluding carboxylic acids is 1. The largest absolute Gasteiger partial charge is 0.298 e. The highest BCUT2D eigenvalue weighted by molar-refractivity contribution is 7.16. The number of nitrogens with zero attached hydrogens (tertiary/aromatic N) is 2. The second kappa shape index (κ2) is 8.34. The minimum atomic E-state index is -0.434. The van der Waals surface area contributed by atoms with Crippen molar-refractivity contribution >= 4 is 39.4 Å². The van der Waals surface area contributed by atoms with Crippen molar-refractivity contribution in [3.63, 3.8) is 0 Å². The molecule has 8 heteroatoms. The predicted octanol–water partition coefficient (Wildman–Crippen LogP) is 5.62. The van der Waals surface area contributed by atoms with Crippen LogP contribution in [-0.4, -0.2) is 15.8 Å². The van der Waals surface area contributed by atoms with Crippen LogP contribution in [-0.2, 0) is 6.42 Å². The third kappa shape index (κ3) is 4.56. The van der Waals surface area contributed by atoms with Crippen LogP contribution in [0.2, 0.25) is 0 Å². The Balaban J connectivity index is 1.41. The van der Waals surface area contributed by atoms with Gasteiger partial charge in [-0.05, 0) is 29.7 Å². The second-order valence-corrected chi connectivity index (χ2v) is 8.05. The van der Waals surface area contributed by atoms with Crippen LogP contribution in [0.15, 0.2) is 71.4 Å². The fourth-order valence-corrected chi connectivity index (χ4v) is 4.37. The monoisotopic (exact) mass is 421 g/mol. The van der Waals surface area contributed by atoms with E-state index in [1.54, 1.807) is 17.5 Å². The molecular weight excluding hydrogens is 406 g/mol. The SMILES string of the molecule is O=C(Nc1nc(-c2cc([N+](=O)[O-])cs2)cs1)c1ccc(Cc2ccccc2)cc1. The fourth-order valence-electron chi connectivity index (χ4n) is 2.78. The smallest absolute Gasteiger partial charge is 0.280 e. The van der Waals surface area contributed by atoms with Gasteiger partial charge in [0.15, 0.2) is 5.13 Å². The Morgan fingerprint density at radius 3 is 2.41 bits per heavy atom. The van der Waals surface area contributed by atoms with Crippen LogP contribution in [0.1, 0.15) is 21.5 Å². The third-order valence-corrected chi connectivity index (χ3v) is 5.94. The van der Waals surface area contributed by atoms with Gasteiger partial charge >= 0.3 is 0 Å². The van der Waals surface area contributed by atoms with E-state index < -0.39 is 4.92 Å². The molecule has 2 heterocycles. The number of rotatable bonds is 6. The molecule has 0 aliphatic heterocycles. The Morgan fingerprint density at radius 1 is 1.00 bits per heavy atom. The lowest BCUT2D eigenvalue weighted by atomic mass is 10.0. The Labute approximate surface area is 174 Å². The van der Waals surface area contributed by atoms with Crippen molar-refractivity contribution in [1.82, 2.24) is 4.98 Å². The predicted molar refractivity (Wildman–Crippen MR) is 116 cm³/mol. The van der Waals surface area contributed by atoms with E-state index in [4.69, 9.17) is 0 Å². The zero-order chi connectivity index (χ0) is 20.2. The average Bonchev–Trinajstić information content (AvgIpc) is 3.39. The number of thiophene rings is 1. The summed E-state index contributed by atoms with van der Waals surface area (Å²) in [7, 11) is 0. The number of nitro groups is 1. The van der Waals surface area contributed by atoms with Gasteiger partial charge in [-0.15, -0.1) is 22.7 Å². The van der Waals surface area contributed by atoms with Gasteiger partial charge in [0.2, 0.25) is 0 Å². The van der Waals surface area contributed by atoms with Crippen molar-refractivity contribution in [1.29, 1.82) is 0 Å². The molecule has 0 fully saturated rings. The lowest BCUT2D eigenvalue weighted by molar-refractivity contribution is -0.384. The van der Waals surface area contributed by atoms with Crippen LogP contribution in [0.5, 0.6) is 0 Å². The summed E-state index contributed by atoms with van der Waals surface area (Å²) in [5.41, 5.74) is 3.54. The summed E-state index contributed by atoms with van der Waals surface area (Å²) < 4.78 is 0. The van der Waals surface area contributed by atoms with E-state index in [9.17, 15) is 14.9 Å². The normalized spacial score (nSPS) is 10.6. The van der Waals surface area contributed by atoms with Gasteiger partial charge in [0.25, 0.3) is 11.6 Å². The number of nitrogens with one attached hydrogen (secondary N) is 1. The van der Waals surface area contributed by atoms with Gasteiger partial charge in [0, 0.05) is 17.0 Å². The lowest BCUT2D eigenvalue weighted by Crippen LogP contribution is -2.11. The highest BCUT2D eigenvalue weighted by Crippen LogP contribution is 2.33. The number of benzene rings is 2. The molecule has 0 saturated heterocycles. The minimum absolute atomic E-state index is 0.0409. The van der Waals surface area contributed by atoms with Crippen LogP contribution in [0.4, 0.5) is 10.8 Å². The summed E-state index contributed by atoms with van der Waals surface area (Å²) >= 11 is 2.54. The van der Waals surface area contributed by atoms with Gasteiger partial charge in [-0.2, -0.15) is 0 Å². The third-order valence-electron chi connectivity index (χ3n) is 4.24. The van der Waals surface area contributed by atoms with Gasteiger partial charge < -0.3 is 0 Å². The van der Waals surface area contributed by atoms with Crippen molar-refractivity contribution in [3.05, 3.63) is 98.2 Å². The van der Waals surface area contributed by atoms with Crippen molar-refractivity contribution in [2.45, 2.75) is 6.42 Å². The van der Waals surface area contributed by atoms with Crippen LogP contribution in [0, 0.1) is 10.1 Å². The minimum Gasteiger partial charge on any atom is -0.298 e. The Kier molecular flexibility index (Phi) is 5.46. The topological polar surface area (TPSA) is 85.1 Å². The Bertz CT molecular complexity index is 1150. The number of aromatic nitrogens is 1. The quantitative estimate of drug-likeness (QED) is 0.323.